The lowest BCUT2D eigenvalue weighted by molar-refractivity contribution is 0.0401. The highest BCUT2D eigenvalue weighted by molar-refractivity contribution is 5.95. The monoisotopic (exact) mass is 224 g/mol. The van der Waals surface area contributed by atoms with Crippen LogP contribution >= 0.6 is 0 Å². The van der Waals surface area contributed by atoms with E-state index in [1.54, 1.807) is 19.1 Å². The van der Waals surface area contributed by atoms with Crippen molar-refractivity contribution in [1.29, 1.82) is 0 Å². The van der Waals surface area contributed by atoms with Crippen LogP contribution in [0.25, 0.3) is 0 Å². The molecule has 3 N–H and O–H groups in total. The number of benzene rings is 1. The van der Waals surface area contributed by atoms with Crippen LogP contribution in [-0.4, -0.2) is 18.7 Å². The van der Waals surface area contributed by atoms with Crippen molar-refractivity contribution in [1.82, 2.24) is 0 Å². The van der Waals surface area contributed by atoms with E-state index in [0.717, 1.165) is 0 Å². The average molecular weight is 224 g/mol. The van der Waals surface area contributed by atoms with Crippen LogP contribution in [0.5, 0.6) is 0 Å². The minimum atomic E-state index is -1.02. The first-order valence-electron chi connectivity index (χ1n) is 4.63. The number of esters is 1. The maximum atomic E-state index is 11.4. The smallest absolute Gasteiger partial charge is 0.434 e. The zero-order chi connectivity index (χ0) is 12.0. The summed E-state index contributed by atoms with van der Waals surface area (Å²) in [7, 11) is 0. The summed E-state index contributed by atoms with van der Waals surface area (Å²) in [6, 6.07) is 6.24. The molecule has 6 nitrogen and oxygen atoms in total. The number of anilines is 1. The maximum absolute atomic E-state index is 11.4. The van der Waals surface area contributed by atoms with Crippen molar-refractivity contribution in [3.05, 3.63) is 29.8 Å². The molecular formula is C10H12N2O4. The molecule has 0 spiro atoms. The molecule has 16 heavy (non-hydrogen) atoms. The molecule has 0 aliphatic carbocycles. The summed E-state index contributed by atoms with van der Waals surface area (Å²) in [6.07, 6.45) is -1.02. The number of nitrogens with two attached hydrogens (primary N) is 1. The Labute approximate surface area is 92.3 Å². The van der Waals surface area contributed by atoms with Crippen molar-refractivity contribution in [3.8, 4) is 0 Å². The number of ether oxygens (including phenoxy) is 2. The Bertz CT molecular complexity index is 392. The van der Waals surface area contributed by atoms with Crippen molar-refractivity contribution >= 4 is 17.8 Å². The Morgan fingerprint density at radius 2 is 2.19 bits per heavy atom. The molecule has 0 aliphatic rings. The molecule has 0 saturated heterocycles. The van der Waals surface area contributed by atoms with Crippen LogP contribution in [0.2, 0.25) is 0 Å². The Hall–Kier alpha value is -2.08. The lowest BCUT2D eigenvalue weighted by atomic mass is 10.2. The second-order valence-corrected chi connectivity index (χ2v) is 2.80. The molecule has 0 unspecified atom stereocenters. The summed E-state index contributed by atoms with van der Waals surface area (Å²) in [4.78, 5) is 22.3. The van der Waals surface area contributed by atoms with Gasteiger partial charge in [-0.25, -0.2) is 9.59 Å². The summed E-state index contributed by atoms with van der Waals surface area (Å²) in [5.41, 5.74) is 3.13. The van der Waals surface area contributed by atoms with E-state index >= 15 is 0 Å². The van der Waals surface area contributed by atoms with Crippen molar-refractivity contribution in [2.45, 2.75) is 6.92 Å². The lowest BCUT2D eigenvalue weighted by Crippen LogP contribution is -2.14. The fourth-order valence-electron chi connectivity index (χ4n) is 1.02. The molecule has 0 fully saturated rings. The van der Waals surface area contributed by atoms with Crippen LogP contribution in [0.4, 0.5) is 10.5 Å². The van der Waals surface area contributed by atoms with Gasteiger partial charge >= 0.3 is 12.1 Å². The highest BCUT2D eigenvalue weighted by Gasteiger charge is 2.13. The molecule has 1 aromatic rings. The van der Waals surface area contributed by atoms with Gasteiger partial charge < -0.3 is 14.9 Å². The maximum Gasteiger partial charge on any atom is 0.516 e. The van der Waals surface area contributed by atoms with Gasteiger partial charge in [-0.3, -0.25) is 5.84 Å². The minimum Gasteiger partial charge on any atom is -0.434 e. The molecule has 86 valence electrons. The SMILES string of the molecule is CCOC(=O)OC(=O)c1cccc(NN)c1. The number of carbonyl (C=O) groups is 2. The standard InChI is InChI=1S/C10H12N2O4/c1-2-15-10(14)16-9(13)7-4-3-5-8(6-7)12-11/h3-6,12H,2,11H2,1H3. The van der Waals surface area contributed by atoms with Crippen LogP contribution in [0, 0.1) is 0 Å². The second kappa shape index (κ2) is 5.72. The van der Waals surface area contributed by atoms with Gasteiger partial charge in [0.1, 0.15) is 0 Å². The number of nitrogens with one attached hydrogen (secondary N) is 1. The van der Waals surface area contributed by atoms with Crippen molar-refractivity contribution in [3.63, 3.8) is 0 Å². The van der Waals surface area contributed by atoms with Crippen molar-refractivity contribution in [2.24, 2.45) is 5.84 Å². The highest BCUT2D eigenvalue weighted by Crippen LogP contribution is 2.10. The summed E-state index contributed by atoms with van der Waals surface area (Å²) < 4.78 is 8.88. The summed E-state index contributed by atoms with van der Waals surface area (Å²) >= 11 is 0. The summed E-state index contributed by atoms with van der Waals surface area (Å²) in [5.74, 6) is 4.39. The van der Waals surface area contributed by atoms with E-state index in [2.05, 4.69) is 14.9 Å². The predicted octanol–water partition coefficient (Wildman–Crippen LogP) is 1.29. The zero-order valence-corrected chi connectivity index (χ0v) is 8.73. The van der Waals surface area contributed by atoms with E-state index in [9.17, 15) is 9.59 Å². The lowest BCUT2D eigenvalue weighted by Gasteiger charge is -2.04. The third-order valence-electron chi connectivity index (χ3n) is 1.70. The minimum absolute atomic E-state index is 0.149. The normalized spacial score (nSPS) is 9.38. The molecule has 6 heteroatoms. The van der Waals surface area contributed by atoms with E-state index in [0.29, 0.717) is 5.69 Å². The van der Waals surface area contributed by atoms with Crippen molar-refractivity contribution < 1.29 is 19.1 Å². The van der Waals surface area contributed by atoms with Gasteiger partial charge in [0.05, 0.1) is 12.2 Å². The zero-order valence-electron chi connectivity index (χ0n) is 8.73. The van der Waals surface area contributed by atoms with Crippen LogP contribution in [0.15, 0.2) is 24.3 Å². The van der Waals surface area contributed by atoms with Gasteiger partial charge in [-0.1, -0.05) is 6.07 Å². The molecule has 0 aliphatic heterocycles. The Balaban J connectivity index is 2.69. The van der Waals surface area contributed by atoms with Gasteiger partial charge in [-0.2, -0.15) is 0 Å². The first-order valence-corrected chi connectivity index (χ1v) is 4.63. The quantitative estimate of drug-likeness (QED) is 0.348. The number of rotatable bonds is 3. The number of hydrazine groups is 1. The van der Waals surface area contributed by atoms with E-state index in [4.69, 9.17) is 5.84 Å². The fraction of sp³-hybridized carbons (Fsp3) is 0.200. The fourth-order valence-corrected chi connectivity index (χ4v) is 1.02. The van der Waals surface area contributed by atoms with E-state index in [-0.39, 0.29) is 12.2 Å². The summed E-state index contributed by atoms with van der Waals surface area (Å²) in [5, 5.41) is 0. The number of hydrogen-bond donors (Lipinski definition) is 2. The number of carbonyl (C=O) groups excluding carboxylic acids is 2. The molecular weight excluding hydrogens is 212 g/mol. The average Bonchev–Trinajstić information content (AvgIpc) is 2.29. The van der Waals surface area contributed by atoms with E-state index in [1.807, 2.05) is 0 Å². The number of nitrogen functional groups attached to an aromatic ring is 1. The third kappa shape index (κ3) is 3.25. The van der Waals surface area contributed by atoms with Gasteiger partial charge in [0.15, 0.2) is 0 Å². The predicted molar refractivity (Wildman–Crippen MR) is 56.7 cm³/mol. The molecule has 0 radical (unpaired) electrons. The molecule has 0 heterocycles. The van der Waals surface area contributed by atoms with Crippen molar-refractivity contribution in [2.75, 3.05) is 12.0 Å². The Morgan fingerprint density at radius 1 is 1.44 bits per heavy atom. The number of hydrogen-bond acceptors (Lipinski definition) is 6. The van der Waals surface area contributed by atoms with Crippen LogP contribution in [-0.2, 0) is 9.47 Å². The molecule has 0 amide bonds. The van der Waals surface area contributed by atoms with Gasteiger partial charge in [-0.05, 0) is 25.1 Å². The van der Waals surface area contributed by atoms with Crippen LogP contribution < -0.4 is 11.3 Å². The first kappa shape index (κ1) is 12.0. The van der Waals surface area contributed by atoms with Crippen LogP contribution in [0.1, 0.15) is 17.3 Å². The third-order valence-corrected chi connectivity index (χ3v) is 1.70. The van der Waals surface area contributed by atoms with Gasteiger partial charge in [-0.15, -0.1) is 0 Å². The molecule has 0 atom stereocenters. The molecule has 1 aromatic carbocycles. The molecule has 1 rings (SSSR count). The van der Waals surface area contributed by atoms with E-state index in [1.165, 1.54) is 12.1 Å². The largest absolute Gasteiger partial charge is 0.516 e. The molecule has 0 saturated carbocycles. The molecule has 0 aromatic heterocycles. The van der Waals surface area contributed by atoms with Gasteiger partial charge in [0.2, 0.25) is 0 Å². The highest BCUT2D eigenvalue weighted by atomic mass is 16.7. The topological polar surface area (TPSA) is 90.6 Å². The van der Waals surface area contributed by atoms with Crippen LogP contribution in [0.3, 0.4) is 0 Å². The first-order chi connectivity index (χ1) is 7.67. The Kier molecular flexibility index (Phi) is 4.28. The van der Waals surface area contributed by atoms with Gasteiger partial charge in [0, 0.05) is 5.69 Å². The summed E-state index contributed by atoms with van der Waals surface area (Å²) in [6.45, 7) is 1.77. The second-order valence-electron chi connectivity index (χ2n) is 2.80. The Morgan fingerprint density at radius 3 is 2.81 bits per heavy atom. The van der Waals surface area contributed by atoms with E-state index < -0.39 is 12.1 Å². The molecule has 0 bridgehead atoms. The van der Waals surface area contributed by atoms with Gasteiger partial charge in [0.25, 0.3) is 0 Å².